The van der Waals surface area contributed by atoms with Crippen LogP contribution in [0.1, 0.15) is 19.3 Å². The third-order valence-electron chi connectivity index (χ3n) is 1.21. The molecule has 0 atom stereocenters. The molecule has 0 fully saturated rings. The first-order valence-electron chi connectivity index (χ1n) is 3.65. The largest absolute Gasteiger partial charge is 0.370 e. The van der Waals surface area contributed by atoms with Gasteiger partial charge in [0.2, 0.25) is 11.8 Å². The van der Waals surface area contributed by atoms with Crippen LogP contribution in [-0.4, -0.2) is 24.6 Å². The van der Waals surface area contributed by atoms with Crippen molar-refractivity contribution in [2.75, 3.05) is 6.54 Å². The van der Waals surface area contributed by atoms with Crippen LogP contribution in [0.5, 0.6) is 0 Å². The molecule has 0 heterocycles. The molecular formula is C7H12N2O3. The molecule has 0 aliphatic heterocycles. The number of rotatable bonds is 6. The summed E-state index contributed by atoms with van der Waals surface area (Å²) in [5.41, 5.74) is 4.85. The summed E-state index contributed by atoms with van der Waals surface area (Å²) in [7, 11) is 0. The molecule has 0 spiro atoms. The van der Waals surface area contributed by atoms with Crippen LogP contribution in [0.2, 0.25) is 0 Å². The number of hydrogen-bond acceptors (Lipinski definition) is 3. The van der Waals surface area contributed by atoms with E-state index in [2.05, 4.69) is 5.32 Å². The lowest BCUT2D eigenvalue weighted by molar-refractivity contribution is -0.122. The molecule has 0 radical (unpaired) electrons. The summed E-state index contributed by atoms with van der Waals surface area (Å²) in [4.78, 5) is 30.8. The predicted molar refractivity (Wildman–Crippen MR) is 42.1 cm³/mol. The second-order valence-electron chi connectivity index (χ2n) is 2.29. The van der Waals surface area contributed by atoms with Crippen molar-refractivity contribution in [3.05, 3.63) is 0 Å². The van der Waals surface area contributed by atoms with Gasteiger partial charge in [0.1, 0.15) is 6.29 Å². The number of amides is 2. The molecule has 68 valence electrons. The van der Waals surface area contributed by atoms with Gasteiger partial charge in [0.25, 0.3) is 0 Å². The highest BCUT2D eigenvalue weighted by Crippen LogP contribution is 1.93. The number of carbonyl (C=O) groups excluding carboxylic acids is 3. The van der Waals surface area contributed by atoms with E-state index >= 15 is 0 Å². The molecule has 5 nitrogen and oxygen atoms in total. The molecule has 0 rings (SSSR count). The summed E-state index contributed by atoms with van der Waals surface area (Å²) < 4.78 is 0. The maximum atomic E-state index is 10.8. The fourth-order valence-electron chi connectivity index (χ4n) is 0.667. The van der Waals surface area contributed by atoms with Crippen LogP contribution < -0.4 is 11.1 Å². The predicted octanol–water partition coefficient (Wildman–Crippen LogP) is -1.04. The molecule has 0 aromatic rings. The molecule has 5 heteroatoms. The van der Waals surface area contributed by atoms with Gasteiger partial charge in [-0.25, -0.2) is 0 Å². The number of primary amides is 1. The zero-order chi connectivity index (χ0) is 9.40. The average Bonchev–Trinajstić information content (AvgIpc) is 2.00. The lowest BCUT2D eigenvalue weighted by Crippen LogP contribution is -2.25. The van der Waals surface area contributed by atoms with Crippen molar-refractivity contribution in [1.29, 1.82) is 0 Å². The highest BCUT2D eigenvalue weighted by Gasteiger charge is 2.00. The number of aldehydes is 1. The van der Waals surface area contributed by atoms with Crippen molar-refractivity contribution in [3.63, 3.8) is 0 Å². The summed E-state index contributed by atoms with van der Waals surface area (Å²) in [5, 5.41) is 2.35. The smallest absolute Gasteiger partial charge is 0.220 e. The molecule has 0 unspecified atom stereocenters. The van der Waals surface area contributed by atoms with Crippen molar-refractivity contribution in [1.82, 2.24) is 5.32 Å². The van der Waals surface area contributed by atoms with Crippen molar-refractivity contribution >= 4 is 18.1 Å². The van der Waals surface area contributed by atoms with Crippen LogP contribution >= 0.6 is 0 Å². The third kappa shape index (κ3) is 6.73. The fourth-order valence-corrected chi connectivity index (χ4v) is 0.667. The van der Waals surface area contributed by atoms with Crippen LogP contribution in [0.25, 0.3) is 0 Å². The second-order valence-corrected chi connectivity index (χ2v) is 2.29. The minimum Gasteiger partial charge on any atom is -0.370 e. The highest BCUT2D eigenvalue weighted by molar-refractivity contribution is 5.79. The summed E-state index contributed by atoms with van der Waals surface area (Å²) in [5.74, 6) is -0.651. The van der Waals surface area contributed by atoms with E-state index in [1.165, 1.54) is 0 Å². The van der Waals surface area contributed by atoms with Crippen LogP contribution in [0.15, 0.2) is 0 Å². The molecule has 0 saturated heterocycles. The number of nitrogens with one attached hydrogen (secondary N) is 1. The van der Waals surface area contributed by atoms with Crippen molar-refractivity contribution < 1.29 is 14.4 Å². The molecule has 3 N–H and O–H groups in total. The van der Waals surface area contributed by atoms with E-state index in [4.69, 9.17) is 5.73 Å². The van der Waals surface area contributed by atoms with Gasteiger partial charge in [-0.3, -0.25) is 9.59 Å². The molecule has 0 aliphatic carbocycles. The van der Waals surface area contributed by atoms with Gasteiger partial charge in [0, 0.05) is 12.8 Å². The Labute approximate surface area is 70.3 Å². The Hall–Kier alpha value is -1.39. The molecule has 12 heavy (non-hydrogen) atoms. The second kappa shape index (κ2) is 6.33. The van der Waals surface area contributed by atoms with E-state index in [9.17, 15) is 14.4 Å². The van der Waals surface area contributed by atoms with E-state index in [1.54, 1.807) is 0 Å². The van der Waals surface area contributed by atoms with Crippen LogP contribution in [-0.2, 0) is 14.4 Å². The van der Waals surface area contributed by atoms with Crippen LogP contribution in [0, 0.1) is 0 Å². The van der Waals surface area contributed by atoms with E-state index in [0.717, 1.165) is 0 Å². The van der Waals surface area contributed by atoms with Gasteiger partial charge in [-0.1, -0.05) is 0 Å². The van der Waals surface area contributed by atoms with Crippen LogP contribution in [0.4, 0.5) is 0 Å². The minimum atomic E-state index is -0.418. The lowest BCUT2D eigenvalue weighted by atomic mass is 10.2. The maximum absolute atomic E-state index is 10.8. The molecule has 0 saturated carbocycles. The van der Waals surface area contributed by atoms with Gasteiger partial charge < -0.3 is 15.8 Å². The highest BCUT2D eigenvalue weighted by atomic mass is 16.2. The summed E-state index contributed by atoms with van der Waals surface area (Å²) in [6, 6.07) is 0. The summed E-state index contributed by atoms with van der Waals surface area (Å²) in [6.07, 6.45) is 1.47. The molecule has 0 aliphatic rings. The number of carbonyl (C=O) groups is 3. The fraction of sp³-hybridized carbons (Fsp3) is 0.571. The quantitative estimate of drug-likeness (QED) is 0.501. The van der Waals surface area contributed by atoms with Gasteiger partial charge in [-0.15, -0.1) is 0 Å². The molecular weight excluding hydrogens is 160 g/mol. The Bertz CT molecular complexity index is 179. The standard InChI is InChI=1S/C7H12N2O3/c8-6(11)2-1-3-7(12)9-4-5-10/h5H,1-4H2,(H2,8,11)(H,9,12). The topological polar surface area (TPSA) is 89.3 Å². The summed E-state index contributed by atoms with van der Waals surface area (Å²) >= 11 is 0. The van der Waals surface area contributed by atoms with Gasteiger partial charge in [0.15, 0.2) is 0 Å². The van der Waals surface area contributed by atoms with Crippen molar-refractivity contribution in [2.45, 2.75) is 19.3 Å². The normalized spacial score (nSPS) is 9.00. The zero-order valence-corrected chi connectivity index (χ0v) is 6.71. The first-order chi connectivity index (χ1) is 5.66. The monoisotopic (exact) mass is 172 g/mol. The minimum absolute atomic E-state index is 0.0232. The molecule has 0 aromatic carbocycles. The molecule has 0 bridgehead atoms. The van der Waals surface area contributed by atoms with Gasteiger partial charge in [-0.2, -0.15) is 0 Å². The third-order valence-corrected chi connectivity index (χ3v) is 1.21. The van der Waals surface area contributed by atoms with Crippen molar-refractivity contribution in [2.24, 2.45) is 5.73 Å². The van der Waals surface area contributed by atoms with E-state index in [1.807, 2.05) is 0 Å². The SMILES string of the molecule is NC(=O)CCCC(=O)NCC=O. The van der Waals surface area contributed by atoms with E-state index < -0.39 is 5.91 Å². The number of nitrogens with two attached hydrogens (primary N) is 1. The zero-order valence-electron chi connectivity index (χ0n) is 6.71. The Morgan fingerprint density at radius 1 is 1.33 bits per heavy atom. The van der Waals surface area contributed by atoms with Gasteiger partial charge in [0.05, 0.1) is 6.54 Å². The van der Waals surface area contributed by atoms with Gasteiger partial charge in [-0.05, 0) is 6.42 Å². The summed E-state index contributed by atoms with van der Waals surface area (Å²) in [6.45, 7) is 0.0232. The molecule has 0 aromatic heterocycles. The Balaban J connectivity index is 3.31. The average molecular weight is 172 g/mol. The van der Waals surface area contributed by atoms with E-state index in [0.29, 0.717) is 12.7 Å². The first-order valence-corrected chi connectivity index (χ1v) is 3.65. The maximum Gasteiger partial charge on any atom is 0.220 e. The Morgan fingerprint density at radius 2 is 2.00 bits per heavy atom. The van der Waals surface area contributed by atoms with Crippen molar-refractivity contribution in [3.8, 4) is 0 Å². The lowest BCUT2D eigenvalue weighted by Gasteiger charge is -1.98. The van der Waals surface area contributed by atoms with Crippen LogP contribution in [0.3, 0.4) is 0 Å². The number of hydrogen-bond donors (Lipinski definition) is 2. The Kier molecular flexibility index (Phi) is 5.60. The Morgan fingerprint density at radius 3 is 2.50 bits per heavy atom. The first kappa shape index (κ1) is 10.6. The molecule has 2 amide bonds. The van der Waals surface area contributed by atoms with Gasteiger partial charge >= 0.3 is 0 Å². The van der Waals surface area contributed by atoms with E-state index in [-0.39, 0.29) is 25.3 Å².